The zero-order valence-electron chi connectivity index (χ0n) is 12.5. The molecule has 1 aliphatic rings. The second-order valence-corrected chi connectivity index (χ2v) is 5.58. The summed E-state index contributed by atoms with van der Waals surface area (Å²) in [5.41, 5.74) is 6.26. The quantitative estimate of drug-likeness (QED) is 0.736. The first-order valence-electron chi connectivity index (χ1n) is 7.91. The van der Waals surface area contributed by atoms with Gasteiger partial charge < -0.3 is 15.2 Å². The minimum atomic E-state index is 0.350. The van der Waals surface area contributed by atoms with E-state index in [1.54, 1.807) is 0 Å². The number of rotatable bonds is 8. The molecule has 3 heteroatoms. The van der Waals surface area contributed by atoms with E-state index in [-0.39, 0.29) is 0 Å². The van der Waals surface area contributed by atoms with Crippen molar-refractivity contribution in [2.75, 3.05) is 13.2 Å². The third-order valence-electron chi connectivity index (χ3n) is 4.09. The van der Waals surface area contributed by atoms with Crippen LogP contribution in [0.15, 0.2) is 24.3 Å². The molecule has 112 valence electrons. The highest BCUT2D eigenvalue weighted by Gasteiger charge is 2.21. The van der Waals surface area contributed by atoms with Crippen molar-refractivity contribution in [1.82, 2.24) is 0 Å². The van der Waals surface area contributed by atoms with Crippen molar-refractivity contribution < 1.29 is 9.47 Å². The van der Waals surface area contributed by atoms with Crippen LogP contribution in [-0.4, -0.2) is 19.3 Å². The highest BCUT2D eigenvalue weighted by Crippen LogP contribution is 2.29. The lowest BCUT2D eigenvalue weighted by Gasteiger charge is -2.18. The van der Waals surface area contributed by atoms with Gasteiger partial charge in [0.05, 0.1) is 13.2 Å². The average Bonchev–Trinajstić information content (AvgIpc) is 2.99. The second kappa shape index (κ2) is 8.15. The predicted molar refractivity (Wildman–Crippen MR) is 82.3 cm³/mol. The summed E-state index contributed by atoms with van der Waals surface area (Å²) in [4.78, 5) is 0. The summed E-state index contributed by atoms with van der Waals surface area (Å²) in [5.74, 6) is 2.41. The minimum Gasteiger partial charge on any atom is -0.490 e. The fourth-order valence-electron chi connectivity index (χ4n) is 2.97. The zero-order valence-corrected chi connectivity index (χ0v) is 12.5. The summed E-state index contributed by atoms with van der Waals surface area (Å²) in [7, 11) is 0. The molecular weight excluding hydrogens is 250 g/mol. The number of hydrogen-bond acceptors (Lipinski definition) is 3. The molecule has 2 N–H and O–H groups in total. The van der Waals surface area contributed by atoms with Crippen molar-refractivity contribution in [3.05, 3.63) is 24.3 Å². The molecule has 0 spiro atoms. The first kappa shape index (κ1) is 15.2. The van der Waals surface area contributed by atoms with Gasteiger partial charge in [-0.3, -0.25) is 0 Å². The third kappa shape index (κ3) is 4.41. The Labute approximate surface area is 122 Å². The maximum Gasteiger partial charge on any atom is 0.161 e. The molecule has 0 heterocycles. The molecule has 0 aromatic heterocycles. The molecule has 0 radical (unpaired) electrons. The molecule has 1 fully saturated rings. The molecule has 1 aromatic rings. The van der Waals surface area contributed by atoms with Gasteiger partial charge in [-0.15, -0.1) is 0 Å². The lowest BCUT2D eigenvalue weighted by atomic mass is 9.95. The topological polar surface area (TPSA) is 44.5 Å². The van der Waals surface area contributed by atoms with Crippen LogP contribution < -0.4 is 15.2 Å². The van der Waals surface area contributed by atoms with Gasteiger partial charge in [-0.2, -0.15) is 0 Å². The van der Waals surface area contributed by atoms with Crippen molar-refractivity contribution >= 4 is 0 Å². The van der Waals surface area contributed by atoms with Crippen LogP contribution >= 0.6 is 0 Å². The molecule has 2 rings (SSSR count). The fraction of sp³-hybridized carbons (Fsp3) is 0.647. The van der Waals surface area contributed by atoms with Gasteiger partial charge in [0.2, 0.25) is 0 Å². The number of benzene rings is 1. The van der Waals surface area contributed by atoms with Gasteiger partial charge in [0.1, 0.15) is 0 Å². The molecule has 0 saturated heterocycles. The van der Waals surface area contributed by atoms with Gasteiger partial charge in [-0.1, -0.05) is 25.0 Å². The number of ether oxygens (including phenoxy) is 2. The van der Waals surface area contributed by atoms with Crippen molar-refractivity contribution in [3.63, 3.8) is 0 Å². The SMILES string of the molecule is CCOc1ccccc1OCCCC(N)C1CCCC1. The fourth-order valence-corrected chi connectivity index (χ4v) is 2.97. The Kier molecular flexibility index (Phi) is 6.19. The lowest BCUT2D eigenvalue weighted by Crippen LogP contribution is -2.28. The van der Waals surface area contributed by atoms with Crippen LogP contribution in [0.5, 0.6) is 11.5 Å². The summed E-state index contributed by atoms with van der Waals surface area (Å²) >= 11 is 0. The highest BCUT2D eigenvalue weighted by molar-refractivity contribution is 5.39. The van der Waals surface area contributed by atoms with E-state index < -0.39 is 0 Å². The van der Waals surface area contributed by atoms with E-state index in [9.17, 15) is 0 Å². The van der Waals surface area contributed by atoms with Gasteiger partial charge in [0, 0.05) is 6.04 Å². The summed E-state index contributed by atoms with van der Waals surface area (Å²) in [6.45, 7) is 3.36. The van der Waals surface area contributed by atoms with Gasteiger partial charge in [-0.05, 0) is 50.7 Å². The Hall–Kier alpha value is -1.22. The maximum absolute atomic E-state index is 6.26. The van der Waals surface area contributed by atoms with E-state index in [1.165, 1.54) is 25.7 Å². The standard InChI is InChI=1S/C17H27NO2/c1-2-19-16-11-5-6-12-17(16)20-13-7-10-15(18)14-8-3-4-9-14/h5-6,11-12,14-15H,2-4,7-10,13,18H2,1H3. The Balaban J connectivity index is 1.70. The third-order valence-corrected chi connectivity index (χ3v) is 4.09. The minimum absolute atomic E-state index is 0.350. The largest absolute Gasteiger partial charge is 0.490 e. The summed E-state index contributed by atoms with van der Waals surface area (Å²) in [6, 6.07) is 8.20. The van der Waals surface area contributed by atoms with Crippen molar-refractivity contribution in [1.29, 1.82) is 0 Å². The smallest absolute Gasteiger partial charge is 0.161 e. The number of hydrogen-bond donors (Lipinski definition) is 1. The molecular formula is C17H27NO2. The molecule has 3 nitrogen and oxygen atoms in total. The van der Waals surface area contributed by atoms with E-state index in [4.69, 9.17) is 15.2 Å². The molecule has 1 aliphatic carbocycles. The first-order valence-corrected chi connectivity index (χ1v) is 7.91. The lowest BCUT2D eigenvalue weighted by molar-refractivity contribution is 0.263. The van der Waals surface area contributed by atoms with Crippen molar-refractivity contribution in [3.8, 4) is 11.5 Å². The molecule has 0 bridgehead atoms. The monoisotopic (exact) mass is 277 g/mol. The van der Waals surface area contributed by atoms with Gasteiger partial charge >= 0.3 is 0 Å². The summed E-state index contributed by atoms with van der Waals surface area (Å²) in [6.07, 6.45) is 7.41. The van der Waals surface area contributed by atoms with E-state index >= 15 is 0 Å². The van der Waals surface area contributed by atoms with Crippen LogP contribution in [0, 0.1) is 5.92 Å². The zero-order chi connectivity index (χ0) is 14.2. The van der Waals surface area contributed by atoms with Crippen LogP contribution in [0.3, 0.4) is 0 Å². The maximum atomic E-state index is 6.26. The van der Waals surface area contributed by atoms with E-state index in [1.807, 2.05) is 31.2 Å². The Morgan fingerprint density at radius 3 is 2.45 bits per heavy atom. The molecule has 1 unspecified atom stereocenters. The predicted octanol–water partition coefficient (Wildman–Crippen LogP) is 3.76. The Bertz CT molecular complexity index is 388. The normalized spacial score (nSPS) is 17.1. The first-order chi connectivity index (χ1) is 9.81. The molecule has 20 heavy (non-hydrogen) atoms. The number of nitrogens with two attached hydrogens (primary N) is 1. The van der Waals surface area contributed by atoms with Crippen molar-refractivity contribution in [2.24, 2.45) is 11.7 Å². The van der Waals surface area contributed by atoms with Crippen LogP contribution in [-0.2, 0) is 0 Å². The second-order valence-electron chi connectivity index (χ2n) is 5.58. The highest BCUT2D eigenvalue weighted by atomic mass is 16.5. The van der Waals surface area contributed by atoms with E-state index in [0.717, 1.165) is 30.3 Å². The molecule has 0 aliphatic heterocycles. The van der Waals surface area contributed by atoms with Gasteiger partial charge in [0.25, 0.3) is 0 Å². The average molecular weight is 277 g/mol. The summed E-state index contributed by atoms with van der Waals surface area (Å²) < 4.78 is 11.4. The van der Waals surface area contributed by atoms with Crippen LogP contribution in [0.4, 0.5) is 0 Å². The van der Waals surface area contributed by atoms with E-state index in [2.05, 4.69) is 0 Å². The summed E-state index contributed by atoms with van der Waals surface area (Å²) in [5, 5.41) is 0. The molecule has 1 saturated carbocycles. The van der Waals surface area contributed by atoms with Crippen LogP contribution in [0.25, 0.3) is 0 Å². The molecule has 1 aromatic carbocycles. The Morgan fingerprint density at radius 1 is 1.15 bits per heavy atom. The van der Waals surface area contributed by atoms with Gasteiger partial charge in [0.15, 0.2) is 11.5 Å². The number of para-hydroxylation sites is 2. The molecule has 0 amide bonds. The van der Waals surface area contributed by atoms with Crippen LogP contribution in [0.2, 0.25) is 0 Å². The van der Waals surface area contributed by atoms with Crippen molar-refractivity contribution in [2.45, 2.75) is 51.5 Å². The van der Waals surface area contributed by atoms with E-state index in [0.29, 0.717) is 19.3 Å². The van der Waals surface area contributed by atoms with Crippen LogP contribution in [0.1, 0.15) is 45.4 Å². The van der Waals surface area contributed by atoms with Gasteiger partial charge in [-0.25, -0.2) is 0 Å². The Morgan fingerprint density at radius 2 is 1.80 bits per heavy atom. The molecule has 1 atom stereocenters.